The number of hydrogen-bond donors (Lipinski definition) is 0. The van der Waals surface area contributed by atoms with Crippen molar-refractivity contribution in [1.29, 1.82) is 0 Å². The molecule has 1 unspecified atom stereocenters. The molecule has 3 rings (SSSR count). The first kappa shape index (κ1) is 11.1. The van der Waals surface area contributed by atoms with Crippen LogP contribution in [0.25, 0.3) is 0 Å². The van der Waals surface area contributed by atoms with Crippen LogP contribution in [-0.4, -0.2) is 23.6 Å². The maximum absolute atomic E-state index is 6.07. The third-order valence-corrected chi connectivity index (χ3v) is 4.21. The van der Waals surface area contributed by atoms with E-state index in [4.69, 9.17) is 11.6 Å². The number of aliphatic imine (C=N–C) groups is 2. The quantitative estimate of drug-likeness (QED) is 0.802. The highest BCUT2D eigenvalue weighted by molar-refractivity contribution is 8.14. The minimum atomic E-state index is -0.425. The summed E-state index contributed by atoms with van der Waals surface area (Å²) in [7, 11) is 0. The first-order valence-electron chi connectivity index (χ1n) is 5.48. The number of allylic oxidation sites excluding steroid dienone is 1. The van der Waals surface area contributed by atoms with Crippen LogP contribution < -0.4 is 0 Å². The van der Waals surface area contributed by atoms with Crippen molar-refractivity contribution in [2.45, 2.75) is 5.54 Å². The maximum Gasteiger partial charge on any atom is 0.151 e. The summed E-state index contributed by atoms with van der Waals surface area (Å²) < 4.78 is 0. The monoisotopic (exact) mass is 262 g/mol. The second-order valence-electron chi connectivity index (χ2n) is 3.95. The van der Waals surface area contributed by atoms with E-state index in [0.29, 0.717) is 0 Å². The lowest BCUT2D eigenvalue weighted by Crippen LogP contribution is -2.27. The van der Waals surface area contributed by atoms with Gasteiger partial charge in [-0.05, 0) is 29.8 Å². The number of halogens is 1. The Hall–Kier alpha value is -1.06. The van der Waals surface area contributed by atoms with Crippen LogP contribution in [0.2, 0.25) is 5.02 Å². The molecule has 1 atom stereocenters. The minimum Gasteiger partial charge on any atom is -0.279 e. The van der Waals surface area contributed by atoms with Gasteiger partial charge in [0.1, 0.15) is 5.04 Å². The van der Waals surface area contributed by atoms with Gasteiger partial charge in [0.25, 0.3) is 0 Å². The fraction of sp³-hybridized carbons (Fsp3) is 0.231. The lowest BCUT2D eigenvalue weighted by atomic mass is 9.92. The van der Waals surface area contributed by atoms with Crippen LogP contribution in [0.1, 0.15) is 5.56 Å². The van der Waals surface area contributed by atoms with Crippen LogP contribution in [0, 0.1) is 0 Å². The zero-order chi connectivity index (χ0) is 11.7. The van der Waals surface area contributed by atoms with Crippen LogP contribution in [-0.2, 0) is 5.54 Å². The van der Waals surface area contributed by atoms with Gasteiger partial charge in [0.2, 0.25) is 0 Å². The largest absolute Gasteiger partial charge is 0.279 e. The third kappa shape index (κ3) is 1.83. The molecule has 86 valence electrons. The fourth-order valence-electron chi connectivity index (χ4n) is 2.10. The zero-order valence-corrected chi connectivity index (χ0v) is 10.7. The van der Waals surface area contributed by atoms with Crippen LogP contribution in [0.3, 0.4) is 0 Å². The molecule has 0 N–H and O–H groups in total. The fourth-order valence-corrected chi connectivity index (χ4v) is 3.31. The average Bonchev–Trinajstić information content (AvgIpc) is 3.01. The number of benzene rings is 1. The molecule has 0 saturated heterocycles. The van der Waals surface area contributed by atoms with Gasteiger partial charge in [-0.1, -0.05) is 23.7 Å². The Labute approximate surface area is 110 Å². The van der Waals surface area contributed by atoms with Gasteiger partial charge in [0.15, 0.2) is 5.54 Å². The predicted molar refractivity (Wildman–Crippen MR) is 75.5 cm³/mol. The first-order chi connectivity index (χ1) is 8.31. The van der Waals surface area contributed by atoms with Gasteiger partial charge in [-0.15, -0.1) is 11.8 Å². The number of thioether (sulfide) groups is 1. The molecular weight excluding hydrogens is 252 g/mol. The predicted octanol–water partition coefficient (Wildman–Crippen LogP) is 3.32. The maximum atomic E-state index is 6.07. The van der Waals surface area contributed by atoms with Gasteiger partial charge < -0.3 is 0 Å². The molecule has 2 aliphatic heterocycles. The van der Waals surface area contributed by atoms with Crippen LogP contribution in [0.4, 0.5) is 0 Å². The van der Waals surface area contributed by atoms with Crippen LogP contribution in [0.15, 0.2) is 46.4 Å². The number of hydrogen-bond acceptors (Lipinski definition) is 3. The topological polar surface area (TPSA) is 24.7 Å². The summed E-state index contributed by atoms with van der Waals surface area (Å²) >= 11 is 7.85. The van der Waals surface area contributed by atoms with E-state index >= 15 is 0 Å². The molecule has 1 aromatic carbocycles. The molecule has 2 aliphatic rings. The summed E-state index contributed by atoms with van der Waals surface area (Å²) in [5.74, 6) is 1.04. The Morgan fingerprint density at radius 3 is 2.94 bits per heavy atom. The minimum absolute atomic E-state index is 0.425. The van der Waals surface area contributed by atoms with Crippen molar-refractivity contribution in [3.8, 4) is 0 Å². The van der Waals surface area contributed by atoms with Crippen LogP contribution in [0.5, 0.6) is 0 Å². The number of rotatable bonds is 2. The molecule has 0 bridgehead atoms. The van der Waals surface area contributed by atoms with Gasteiger partial charge in [-0.25, -0.2) is 0 Å². The van der Waals surface area contributed by atoms with Gasteiger partial charge in [-0.2, -0.15) is 0 Å². The summed E-state index contributed by atoms with van der Waals surface area (Å²) in [6.07, 6.45) is 5.90. The molecule has 0 amide bonds. The first-order valence-corrected chi connectivity index (χ1v) is 6.84. The second kappa shape index (κ2) is 4.31. The highest BCUT2D eigenvalue weighted by Gasteiger charge is 2.37. The second-order valence-corrected chi connectivity index (χ2v) is 5.47. The summed E-state index contributed by atoms with van der Waals surface area (Å²) in [5.41, 5.74) is 0.662. The lowest BCUT2D eigenvalue weighted by molar-refractivity contribution is 0.792. The summed E-state index contributed by atoms with van der Waals surface area (Å²) in [6.45, 7) is 0.881. The Kier molecular flexibility index (Phi) is 2.81. The molecule has 4 heteroatoms. The molecule has 2 heterocycles. The Balaban J connectivity index is 2.12. The molecule has 0 fully saturated rings. The van der Waals surface area contributed by atoms with Gasteiger partial charge >= 0.3 is 0 Å². The summed E-state index contributed by atoms with van der Waals surface area (Å²) in [5, 5.41) is 1.81. The molecule has 0 radical (unpaired) electrons. The summed E-state index contributed by atoms with van der Waals surface area (Å²) in [4.78, 5) is 9.18. The van der Waals surface area contributed by atoms with E-state index < -0.39 is 5.54 Å². The highest BCUT2D eigenvalue weighted by atomic mass is 35.5. The van der Waals surface area contributed by atoms with Crippen molar-refractivity contribution in [3.63, 3.8) is 0 Å². The standard InChI is InChI=1S/C13H11ClN2S/c14-11-4-1-3-10(9-11)13(5-2-6-16-13)12-15-7-8-17-12/h1-6,9H,7-8H2. The van der Waals surface area contributed by atoms with E-state index in [1.165, 1.54) is 0 Å². The van der Waals surface area contributed by atoms with Crippen molar-refractivity contribution >= 4 is 34.6 Å². The smallest absolute Gasteiger partial charge is 0.151 e. The summed E-state index contributed by atoms with van der Waals surface area (Å²) in [6, 6.07) is 7.86. The Morgan fingerprint density at radius 1 is 1.35 bits per heavy atom. The van der Waals surface area contributed by atoms with E-state index in [9.17, 15) is 0 Å². The average molecular weight is 263 g/mol. The van der Waals surface area contributed by atoms with Gasteiger partial charge in [-0.3, -0.25) is 9.98 Å². The zero-order valence-electron chi connectivity index (χ0n) is 9.14. The molecular formula is C13H11ClN2S. The van der Waals surface area contributed by atoms with Gasteiger partial charge in [0.05, 0.1) is 0 Å². The van der Waals surface area contributed by atoms with E-state index in [1.807, 2.05) is 30.5 Å². The van der Waals surface area contributed by atoms with E-state index in [1.54, 1.807) is 11.8 Å². The van der Waals surface area contributed by atoms with Crippen molar-refractivity contribution in [2.24, 2.45) is 9.98 Å². The molecule has 2 nitrogen and oxygen atoms in total. The van der Waals surface area contributed by atoms with Crippen molar-refractivity contribution in [2.75, 3.05) is 12.3 Å². The number of nitrogens with zero attached hydrogens (tertiary/aromatic N) is 2. The van der Waals surface area contributed by atoms with Crippen molar-refractivity contribution < 1.29 is 0 Å². The van der Waals surface area contributed by atoms with Crippen molar-refractivity contribution in [3.05, 3.63) is 47.0 Å². The molecule has 0 saturated carbocycles. The Bertz CT molecular complexity index is 522. The molecule has 17 heavy (non-hydrogen) atoms. The molecule has 0 aliphatic carbocycles. The van der Waals surface area contributed by atoms with E-state index in [0.717, 1.165) is 27.9 Å². The highest BCUT2D eigenvalue weighted by Crippen LogP contribution is 2.38. The molecule has 1 aromatic rings. The van der Waals surface area contributed by atoms with Gasteiger partial charge in [0, 0.05) is 23.5 Å². The van der Waals surface area contributed by atoms with E-state index in [2.05, 4.69) is 22.1 Å². The van der Waals surface area contributed by atoms with E-state index in [-0.39, 0.29) is 0 Å². The SMILES string of the molecule is Clc1cccc(C2(C3=NCCS3)C=CC=N2)c1. The van der Waals surface area contributed by atoms with Crippen molar-refractivity contribution in [1.82, 2.24) is 0 Å². The normalized spacial score (nSPS) is 26.5. The molecule has 0 spiro atoms. The molecule has 0 aromatic heterocycles. The third-order valence-electron chi connectivity index (χ3n) is 2.88. The van der Waals surface area contributed by atoms with Crippen LogP contribution >= 0.6 is 23.4 Å². The lowest BCUT2D eigenvalue weighted by Gasteiger charge is -2.24. The Morgan fingerprint density at radius 2 is 2.29 bits per heavy atom.